The Balaban J connectivity index is 2.01. The molecule has 0 radical (unpaired) electrons. The lowest BCUT2D eigenvalue weighted by Gasteiger charge is -2.08. The topological polar surface area (TPSA) is 124 Å². The molecule has 0 aliphatic heterocycles. The summed E-state index contributed by atoms with van der Waals surface area (Å²) in [6.45, 7) is -0.522. The van der Waals surface area contributed by atoms with Crippen molar-refractivity contribution in [2.75, 3.05) is 13.2 Å². The number of amides is 1. The van der Waals surface area contributed by atoms with Crippen LogP contribution >= 0.6 is 22.9 Å². The Morgan fingerprint density at radius 1 is 1.37 bits per heavy atom. The molecule has 0 spiro atoms. The molecule has 0 saturated heterocycles. The van der Waals surface area contributed by atoms with E-state index in [9.17, 15) is 24.8 Å². The molecular weight excluding hydrogens is 398 g/mol. The summed E-state index contributed by atoms with van der Waals surface area (Å²) in [4.78, 5) is 39.9. The normalized spacial score (nSPS) is 10.7. The second-order valence-corrected chi connectivity index (χ2v) is 6.67. The number of ketones is 1. The molecule has 9 nitrogen and oxygen atoms in total. The summed E-state index contributed by atoms with van der Waals surface area (Å²) >= 11 is 7.21. The standard InChI is InChI=1S/C16H12ClN3O6S/c17-9-3-4-11-10(8-9)13(14(21)12-2-1-7-27-12)15(22)19(11)16(23)18-5-6-26-20(24)25/h1-4,7-8,22H,5-6H2,(H,18,23). The van der Waals surface area contributed by atoms with Crippen LogP contribution in [-0.4, -0.2) is 39.7 Å². The zero-order valence-electron chi connectivity index (χ0n) is 13.5. The van der Waals surface area contributed by atoms with E-state index in [0.717, 1.165) is 4.57 Å². The number of nitrogens with one attached hydrogen (secondary N) is 1. The van der Waals surface area contributed by atoms with Crippen LogP contribution in [-0.2, 0) is 4.84 Å². The third-order valence-corrected chi connectivity index (χ3v) is 4.76. The molecule has 0 atom stereocenters. The van der Waals surface area contributed by atoms with E-state index in [0.29, 0.717) is 15.3 Å². The average molecular weight is 410 g/mol. The molecule has 0 unspecified atom stereocenters. The number of hydrogen-bond acceptors (Lipinski definition) is 7. The molecule has 1 amide bonds. The summed E-state index contributed by atoms with van der Waals surface area (Å²) < 4.78 is 0.915. The van der Waals surface area contributed by atoms with Crippen molar-refractivity contribution in [3.8, 4) is 5.88 Å². The van der Waals surface area contributed by atoms with Crippen LogP contribution in [0, 0.1) is 10.1 Å². The fourth-order valence-corrected chi connectivity index (χ4v) is 3.41. The van der Waals surface area contributed by atoms with E-state index in [-0.39, 0.29) is 24.2 Å². The van der Waals surface area contributed by atoms with Gasteiger partial charge in [-0.25, -0.2) is 9.36 Å². The average Bonchev–Trinajstić information content (AvgIpc) is 3.23. The number of nitrogens with zero attached hydrogens (tertiary/aromatic N) is 2. The van der Waals surface area contributed by atoms with Crippen LogP contribution < -0.4 is 5.32 Å². The molecular formula is C16H12ClN3O6S. The molecule has 3 rings (SSSR count). The Labute approximate surface area is 160 Å². The first kappa shape index (κ1) is 18.7. The molecule has 0 aliphatic carbocycles. The van der Waals surface area contributed by atoms with E-state index in [1.54, 1.807) is 17.5 Å². The first-order chi connectivity index (χ1) is 12.9. The predicted molar refractivity (Wildman–Crippen MR) is 98.1 cm³/mol. The van der Waals surface area contributed by atoms with Crippen molar-refractivity contribution in [2.45, 2.75) is 0 Å². The van der Waals surface area contributed by atoms with Crippen molar-refractivity contribution in [2.24, 2.45) is 0 Å². The number of halogens is 1. The molecule has 0 bridgehead atoms. The Morgan fingerprint density at radius 3 is 2.81 bits per heavy atom. The van der Waals surface area contributed by atoms with Crippen molar-refractivity contribution in [1.82, 2.24) is 9.88 Å². The first-order valence-electron chi connectivity index (χ1n) is 7.56. The van der Waals surface area contributed by atoms with Gasteiger partial charge in [-0.2, -0.15) is 0 Å². The molecule has 2 aromatic heterocycles. The first-order valence-corrected chi connectivity index (χ1v) is 8.82. The van der Waals surface area contributed by atoms with Crippen LogP contribution in [0.3, 0.4) is 0 Å². The summed E-state index contributed by atoms with van der Waals surface area (Å²) in [7, 11) is 0. The van der Waals surface area contributed by atoms with Gasteiger partial charge < -0.3 is 15.3 Å². The molecule has 27 heavy (non-hydrogen) atoms. The van der Waals surface area contributed by atoms with Crippen LogP contribution in [0.1, 0.15) is 15.2 Å². The molecule has 11 heteroatoms. The second-order valence-electron chi connectivity index (χ2n) is 5.29. The highest BCUT2D eigenvalue weighted by Crippen LogP contribution is 2.35. The van der Waals surface area contributed by atoms with Crippen LogP contribution in [0.4, 0.5) is 4.79 Å². The lowest BCUT2D eigenvalue weighted by atomic mass is 10.1. The van der Waals surface area contributed by atoms with Gasteiger partial charge in [-0.15, -0.1) is 21.5 Å². The number of carbonyl (C=O) groups is 2. The highest BCUT2D eigenvalue weighted by atomic mass is 35.5. The van der Waals surface area contributed by atoms with Gasteiger partial charge in [-0.3, -0.25) is 4.79 Å². The second kappa shape index (κ2) is 7.64. The summed E-state index contributed by atoms with van der Waals surface area (Å²) in [5.41, 5.74) is 0.219. The number of fused-ring (bicyclic) bond motifs is 1. The van der Waals surface area contributed by atoms with Crippen LogP contribution in [0.15, 0.2) is 35.7 Å². The monoisotopic (exact) mass is 409 g/mol. The van der Waals surface area contributed by atoms with Crippen molar-refractivity contribution in [3.63, 3.8) is 0 Å². The number of rotatable bonds is 6. The van der Waals surface area contributed by atoms with E-state index < -0.39 is 22.8 Å². The number of benzene rings is 1. The summed E-state index contributed by atoms with van der Waals surface area (Å²) in [5.74, 6) is -0.989. The van der Waals surface area contributed by atoms with Gasteiger partial charge in [-0.1, -0.05) is 17.7 Å². The maximum absolute atomic E-state index is 12.8. The lowest BCUT2D eigenvalue weighted by Crippen LogP contribution is -2.31. The number of aromatic nitrogens is 1. The Kier molecular flexibility index (Phi) is 5.28. The van der Waals surface area contributed by atoms with Gasteiger partial charge >= 0.3 is 6.03 Å². The number of thiophene rings is 1. The minimum atomic E-state index is -0.978. The van der Waals surface area contributed by atoms with E-state index in [2.05, 4.69) is 10.2 Å². The summed E-state index contributed by atoms with van der Waals surface area (Å²) in [5, 5.41) is 24.5. The zero-order chi connectivity index (χ0) is 19.6. The van der Waals surface area contributed by atoms with Crippen LogP contribution in [0.25, 0.3) is 10.9 Å². The molecule has 2 N–H and O–H groups in total. The lowest BCUT2D eigenvalue weighted by molar-refractivity contribution is -0.757. The Hall–Kier alpha value is -3.11. The largest absolute Gasteiger partial charge is 0.494 e. The molecule has 2 heterocycles. The van der Waals surface area contributed by atoms with Gasteiger partial charge in [-0.05, 0) is 29.6 Å². The third-order valence-electron chi connectivity index (χ3n) is 3.65. The van der Waals surface area contributed by atoms with Gasteiger partial charge in [0, 0.05) is 17.0 Å². The molecule has 0 fully saturated rings. The molecule has 0 aliphatic rings. The van der Waals surface area contributed by atoms with Crippen molar-refractivity contribution in [1.29, 1.82) is 0 Å². The zero-order valence-corrected chi connectivity index (χ0v) is 15.1. The maximum atomic E-state index is 12.8. The Bertz CT molecular complexity index is 1030. The van der Waals surface area contributed by atoms with Gasteiger partial charge in [0.15, 0.2) is 0 Å². The molecule has 3 aromatic rings. The van der Waals surface area contributed by atoms with Gasteiger partial charge in [0.05, 0.1) is 16.0 Å². The number of hydrogen-bond donors (Lipinski definition) is 2. The van der Waals surface area contributed by atoms with Crippen LogP contribution in [0.2, 0.25) is 5.02 Å². The minimum absolute atomic E-state index is 0.0494. The predicted octanol–water partition coefficient (Wildman–Crippen LogP) is 3.06. The molecule has 0 saturated carbocycles. The van der Waals surface area contributed by atoms with Crippen molar-refractivity contribution < 1.29 is 24.6 Å². The van der Waals surface area contributed by atoms with Gasteiger partial charge in [0.25, 0.3) is 5.09 Å². The SMILES string of the molecule is O=C(c1cccs1)c1c(O)n(C(=O)NCCO[N+](=O)[O-])c2ccc(Cl)cc12. The highest BCUT2D eigenvalue weighted by molar-refractivity contribution is 7.12. The van der Waals surface area contributed by atoms with E-state index in [4.69, 9.17) is 11.6 Å². The summed E-state index contributed by atoms with van der Waals surface area (Å²) in [6.07, 6.45) is 0. The quantitative estimate of drug-likeness (QED) is 0.279. The molecule has 1 aromatic carbocycles. The Morgan fingerprint density at radius 2 is 2.15 bits per heavy atom. The van der Waals surface area contributed by atoms with E-state index in [1.807, 2.05) is 0 Å². The van der Waals surface area contributed by atoms with Gasteiger partial charge in [0.2, 0.25) is 11.7 Å². The smallest absolute Gasteiger partial charge is 0.328 e. The van der Waals surface area contributed by atoms with Crippen molar-refractivity contribution in [3.05, 3.63) is 61.3 Å². The number of aromatic hydroxyl groups is 1. The fraction of sp³-hybridized carbons (Fsp3) is 0.125. The fourth-order valence-electron chi connectivity index (χ4n) is 2.57. The van der Waals surface area contributed by atoms with Crippen LogP contribution in [0.5, 0.6) is 5.88 Å². The molecule has 140 valence electrons. The van der Waals surface area contributed by atoms with E-state index in [1.165, 1.54) is 29.5 Å². The van der Waals surface area contributed by atoms with E-state index >= 15 is 0 Å². The number of carbonyl (C=O) groups excluding carboxylic acids is 2. The minimum Gasteiger partial charge on any atom is -0.494 e. The third kappa shape index (κ3) is 3.71. The van der Waals surface area contributed by atoms with Crippen molar-refractivity contribution >= 4 is 45.7 Å². The highest BCUT2D eigenvalue weighted by Gasteiger charge is 2.27. The summed E-state index contributed by atoms with van der Waals surface area (Å²) in [6, 6.07) is 7.03. The maximum Gasteiger partial charge on any atom is 0.328 e. The van der Waals surface area contributed by atoms with Gasteiger partial charge in [0.1, 0.15) is 6.61 Å².